The Morgan fingerprint density at radius 3 is 2.55 bits per heavy atom. The van der Waals surface area contributed by atoms with Crippen LogP contribution < -0.4 is 15.8 Å². The molecule has 1 saturated heterocycles. The predicted octanol–water partition coefficient (Wildman–Crippen LogP) is 1.22. The highest BCUT2D eigenvalue weighted by molar-refractivity contribution is 5.95. The van der Waals surface area contributed by atoms with Crippen molar-refractivity contribution in [2.75, 3.05) is 25.5 Å². The second-order valence-electron chi connectivity index (χ2n) is 5.58. The first kappa shape index (κ1) is 16.3. The quantitative estimate of drug-likeness (QED) is 0.856. The first-order valence-corrected chi connectivity index (χ1v) is 7.50. The fourth-order valence-corrected chi connectivity index (χ4v) is 2.72. The number of nitrogens with zero attached hydrogens (tertiary/aromatic N) is 1. The molecule has 0 aromatic heterocycles. The molecular formula is C16H23N3O3. The monoisotopic (exact) mass is 305 g/mol. The van der Waals surface area contributed by atoms with Gasteiger partial charge in [0.05, 0.1) is 18.8 Å². The Morgan fingerprint density at radius 1 is 1.32 bits per heavy atom. The van der Waals surface area contributed by atoms with Gasteiger partial charge >= 0.3 is 0 Å². The molecule has 1 heterocycles. The molecule has 0 saturated carbocycles. The number of rotatable bonds is 5. The van der Waals surface area contributed by atoms with Crippen molar-refractivity contribution in [3.05, 3.63) is 24.3 Å². The summed E-state index contributed by atoms with van der Waals surface area (Å²) in [5, 5.41) is 2.90. The van der Waals surface area contributed by atoms with Crippen molar-refractivity contribution in [3.8, 4) is 5.75 Å². The minimum absolute atomic E-state index is 0.0688. The van der Waals surface area contributed by atoms with Gasteiger partial charge in [-0.05, 0) is 45.0 Å². The lowest BCUT2D eigenvalue weighted by Crippen LogP contribution is -2.47. The van der Waals surface area contributed by atoms with Crippen molar-refractivity contribution < 1.29 is 14.3 Å². The summed E-state index contributed by atoms with van der Waals surface area (Å²) < 4.78 is 5.23. The van der Waals surface area contributed by atoms with Crippen LogP contribution in [0.3, 0.4) is 0 Å². The van der Waals surface area contributed by atoms with Crippen molar-refractivity contribution >= 4 is 17.5 Å². The first-order valence-electron chi connectivity index (χ1n) is 7.50. The fraction of sp³-hybridized carbons (Fsp3) is 0.500. The summed E-state index contributed by atoms with van der Waals surface area (Å²) in [6, 6.07) is 7.05. The van der Waals surface area contributed by atoms with Crippen LogP contribution in [0.15, 0.2) is 24.3 Å². The summed E-state index contributed by atoms with van der Waals surface area (Å²) in [6.07, 6.45) is 1.42. The van der Waals surface area contributed by atoms with E-state index in [1.165, 1.54) is 0 Å². The number of hydrogen-bond donors (Lipinski definition) is 2. The van der Waals surface area contributed by atoms with Crippen LogP contribution in [0.25, 0.3) is 0 Å². The van der Waals surface area contributed by atoms with E-state index in [4.69, 9.17) is 10.5 Å². The van der Waals surface area contributed by atoms with E-state index in [1.54, 1.807) is 13.2 Å². The van der Waals surface area contributed by atoms with Crippen LogP contribution in [-0.2, 0) is 9.59 Å². The number of nitrogens with one attached hydrogen (secondary N) is 1. The van der Waals surface area contributed by atoms with E-state index in [0.717, 1.165) is 0 Å². The third-order valence-corrected chi connectivity index (χ3v) is 4.22. The van der Waals surface area contributed by atoms with Crippen LogP contribution in [-0.4, -0.2) is 43.0 Å². The van der Waals surface area contributed by atoms with Gasteiger partial charge in [-0.15, -0.1) is 0 Å². The Bertz CT molecular complexity index is 539. The van der Waals surface area contributed by atoms with Gasteiger partial charge in [0.1, 0.15) is 5.75 Å². The zero-order valence-corrected chi connectivity index (χ0v) is 13.0. The van der Waals surface area contributed by atoms with Gasteiger partial charge in [-0.25, -0.2) is 0 Å². The summed E-state index contributed by atoms with van der Waals surface area (Å²) >= 11 is 0. The number of carbonyl (C=O) groups excluding carboxylic acids is 2. The van der Waals surface area contributed by atoms with Crippen molar-refractivity contribution in [1.29, 1.82) is 0 Å². The van der Waals surface area contributed by atoms with Crippen LogP contribution in [0.4, 0.5) is 5.69 Å². The highest BCUT2D eigenvalue weighted by Crippen LogP contribution is 2.24. The lowest BCUT2D eigenvalue weighted by molar-refractivity contribution is -0.124. The molecule has 1 fully saturated rings. The maximum Gasteiger partial charge on any atom is 0.241 e. The molecule has 0 radical (unpaired) electrons. The molecule has 2 rings (SSSR count). The Hall–Kier alpha value is -2.08. The van der Waals surface area contributed by atoms with Crippen LogP contribution in [0.5, 0.6) is 5.75 Å². The number of hydrogen-bond acceptors (Lipinski definition) is 4. The number of likely N-dealkylation sites (tertiary alicyclic amines) is 1. The molecule has 0 bridgehead atoms. The van der Waals surface area contributed by atoms with E-state index in [0.29, 0.717) is 37.4 Å². The van der Waals surface area contributed by atoms with Crippen molar-refractivity contribution in [2.45, 2.75) is 25.8 Å². The fourth-order valence-electron chi connectivity index (χ4n) is 2.72. The average molecular weight is 305 g/mol. The number of methoxy groups -OCH3 is 1. The van der Waals surface area contributed by atoms with Crippen molar-refractivity contribution in [1.82, 2.24) is 4.90 Å². The highest BCUT2D eigenvalue weighted by Gasteiger charge is 2.28. The number of benzene rings is 1. The van der Waals surface area contributed by atoms with Crippen LogP contribution >= 0.6 is 0 Å². The van der Waals surface area contributed by atoms with Crippen molar-refractivity contribution in [2.24, 2.45) is 11.7 Å². The third-order valence-electron chi connectivity index (χ3n) is 4.22. The normalized spacial score (nSPS) is 17.7. The maximum absolute atomic E-state index is 12.4. The first-order chi connectivity index (χ1) is 10.5. The number of carbonyl (C=O) groups is 2. The van der Waals surface area contributed by atoms with E-state index in [2.05, 4.69) is 10.2 Å². The SMILES string of the molecule is COc1ccccc1NC(=O)[C@@H](C)N1CCC(C(N)=O)CC1. The molecule has 1 aliphatic heterocycles. The van der Waals surface area contributed by atoms with E-state index in [-0.39, 0.29) is 23.8 Å². The summed E-state index contributed by atoms with van der Waals surface area (Å²) in [7, 11) is 1.57. The molecule has 1 aromatic carbocycles. The Morgan fingerprint density at radius 2 is 1.95 bits per heavy atom. The molecule has 22 heavy (non-hydrogen) atoms. The Kier molecular flexibility index (Phi) is 5.38. The van der Waals surface area contributed by atoms with E-state index in [1.807, 2.05) is 25.1 Å². The topological polar surface area (TPSA) is 84.7 Å². The summed E-state index contributed by atoms with van der Waals surface area (Å²) in [4.78, 5) is 25.7. The van der Waals surface area contributed by atoms with E-state index >= 15 is 0 Å². The van der Waals surface area contributed by atoms with E-state index in [9.17, 15) is 9.59 Å². The Balaban J connectivity index is 1.94. The van der Waals surface area contributed by atoms with Gasteiger partial charge in [-0.1, -0.05) is 12.1 Å². The number of anilines is 1. The average Bonchev–Trinajstić information content (AvgIpc) is 2.54. The molecule has 120 valence electrons. The molecule has 3 N–H and O–H groups in total. The van der Waals surface area contributed by atoms with Gasteiger partial charge in [0.25, 0.3) is 0 Å². The maximum atomic E-state index is 12.4. The van der Waals surface area contributed by atoms with Crippen LogP contribution in [0.1, 0.15) is 19.8 Å². The molecule has 1 aromatic rings. The molecule has 0 aliphatic carbocycles. The number of ether oxygens (including phenoxy) is 1. The van der Waals surface area contributed by atoms with Gasteiger partial charge in [0, 0.05) is 5.92 Å². The molecule has 0 spiro atoms. The molecule has 6 nitrogen and oxygen atoms in total. The number of piperidine rings is 1. The number of nitrogens with two attached hydrogens (primary N) is 1. The number of para-hydroxylation sites is 2. The second-order valence-corrected chi connectivity index (χ2v) is 5.58. The lowest BCUT2D eigenvalue weighted by Gasteiger charge is -2.34. The standard InChI is InChI=1S/C16H23N3O3/c1-11(19-9-7-12(8-10-19)15(17)20)16(21)18-13-5-3-4-6-14(13)22-2/h3-6,11-12H,7-10H2,1-2H3,(H2,17,20)(H,18,21)/t11-/m1/s1. The lowest BCUT2D eigenvalue weighted by atomic mass is 9.95. The largest absolute Gasteiger partial charge is 0.495 e. The Labute approximate surface area is 130 Å². The van der Waals surface area contributed by atoms with Gasteiger partial charge in [0.2, 0.25) is 11.8 Å². The molecule has 1 atom stereocenters. The van der Waals surface area contributed by atoms with Gasteiger partial charge in [-0.2, -0.15) is 0 Å². The van der Waals surface area contributed by atoms with Gasteiger partial charge in [0.15, 0.2) is 0 Å². The van der Waals surface area contributed by atoms with Crippen LogP contribution in [0, 0.1) is 5.92 Å². The predicted molar refractivity (Wildman–Crippen MR) is 84.6 cm³/mol. The summed E-state index contributed by atoms with van der Waals surface area (Å²) in [5.74, 6) is 0.240. The summed E-state index contributed by atoms with van der Waals surface area (Å²) in [6.45, 7) is 3.28. The minimum atomic E-state index is -0.265. The third kappa shape index (κ3) is 3.76. The van der Waals surface area contributed by atoms with Gasteiger partial charge in [-0.3, -0.25) is 14.5 Å². The molecule has 2 amide bonds. The molecule has 0 unspecified atom stereocenters. The smallest absolute Gasteiger partial charge is 0.241 e. The number of primary amides is 1. The number of amides is 2. The second kappa shape index (κ2) is 7.26. The van der Waals surface area contributed by atoms with E-state index < -0.39 is 0 Å². The molecule has 6 heteroatoms. The minimum Gasteiger partial charge on any atom is -0.495 e. The highest BCUT2D eigenvalue weighted by atomic mass is 16.5. The molecule has 1 aliphatic rings. The summed E-state index contributed by atoms with van der Waals surface area (Å²) in [5.41, 5.74) is 5.99. The molecular weight excluding hydrogens is 282 g/mol. The van der Waals surface area contributed by atoms with Gasteiger partial charge < -0.3 is 15.8 Å². The van der Waals surface area contributed by atoms with Crippen molar-refractivity contribution in [3.63, 3.8) is 0 Å². The van der Waals surface area contributed by atoms with Crippen LogP contribution in [0.2, 0.25) is 0 Å². The zero-order chi connectivity index (χ0) is 16.1. The zero-order valence-electron chi connectivity index (χ0n) is 13.0.